The molecular formula is C16H27NO6SSi. The van der Waals surface area contributed by atoms with Crippen LogP contribution in [-0.4, -0.2) is 65.8 Å². The zero-order valence-corrected chi connectivity index (χ0v) is 17.2. The summed E-state index contributed by atoms with van der Waals surface area (Å²) in [6.07, 6.45) is 0.424. The Kier molecular flexibility index (Phi) is 7.27. The summed E-state index contributed by atoms with van der Waals surface area (Å²) >= 11 is 4.26. The average Bonchev–Trinajstić information content (AvgIpc) is 2.48. The molecule has 0 bridgehead atoms. The topological polar surface area (TPSA) is 93.1 Å². The zero-order chi connectivity index (χ0) is 19.5. The highest BCUT2D eigenvalue weighted by molar-refractivity contribution is 7.81. The number of aliphatic hydroxyl groups excluding tert-OH is 1. The second kappa shape index (κ2) is 8.37. The van der Waals surface area contributed by atoms with Gasteiger partial charge in [0.25, 0.3) is 0 Å². The summed E-state index contributed by atoms with van der Waals surface area (Å²) < 4.78 is 10.4. The number of likely N-dealkylation sites (tertiary alicyclic amines) is 1. The van der Waals surface area contributed by atoms with Crippen LogP contribution in [0.5, 0.6) is 0 Å². The van der Waals surface area contributed by atoms with Crippen LogP contribution in [0.1, 0.15) is 13.8 Å². The molecule has 0 aromatic heterocycles. The molecule has 0 aliphatic carbocycles. The van der Waals surface area contributed by atoms with Crippen molar-refractivity contribution in [2.45, 2.75) is 56.7 Å². The highest BCUT2D eigenvalue weighted by atomic mass is 32.1. The second-order valence-corrected chi connectivity index (χ2v) is 13.3. The van der Waals surface area contributed by atoms with Crippen molar-refractivity contribution in [3.05, 3.63) is 12.7 Å². The molecule has 1 rings (SSSR count). The van der Waals surface area contributed by atoms with Gasteiger partial charge in [0, 0.05) is 0 Å². The number of nitrogens with zero attached hydrogens (tertiary/aromatic N) is 1. The van der Waals surface area contributed by atoms with Crippen LogP contribution in [0.2, 0.25) is 19.6 Å². The summed E-state index contributed by atoms with van der Waals surface area (Å²) in [6.45, 7) is 12.7. The fourth-order valence-electron chi connectivity index (χ4n) is 2.22. The summed E-state index contributed by atoms with van der Waals surface area (Å²) in [5.74, 6) is -3.06. The van der Waals surface area contributed by atoms with Gasteiger partial charge in [0.15, 0.2) is 0 Å². The molecule has 1 heterocycles. The van der Waals surface area contributed by atoms with Gasteiger partial charge >= 0.3 is 11.9 Å². The zero-order valence-electron chi connectivity index (χ0n) is 15.3. The minimum atomic E-state index is -1.80. The fraction of sp³-hybridized carbons (Fsp3) is 0.688. The first-order valence-corrected chi connectivity index (χ1v) is 12.2. The predicted octanol–water partition coefficient (Wildman–Crippen LogP) is 0.988. The summed E-state index contributed by atoms with van der Waals surface area (Å²) in [5.41, 5.74) is -0.350. The third kappa shape index (κ3) is 4.86. The smallest absolute Gasteiger partial charge is 0.341 e. The number of β-lactam (4-membered cyclic amide) rings is 1. The van der Waals surface area contributed by atoms with Crippen LogP contribution >= 0.6 is 12.6 Å². The first kappa shape index (κ1) is 21.7. The molecular weight excluding hydrogens is 362 g/mol. The number of hydrogen-bond donors (Lipinski definition) is 2. The first-order chi connectivity index (χ1) is 11.4. The van der Waals surface area contributed by atoms with E-state index in [0.29, 0.717) is 0 Å². The van der Waals surface area contributed by atoms with Crippen molar-refractivity contribution in [3.8, 4) is 0 Å². The third-order valence-electron chi connectivity index (χ3n) is 4.25. The maximum absolute atomic E-state index is 12.6. The Bertz CT molecular complexity index is 547. The lowest BCUT2D eigenvalue weighted by Gasteiger charge is -2.48. The molecule has 3 unspecified atom stereocenters. The van der Waals surface area contributed by atoms with Crippen LogP contribution in [0.15, 0.2) is 12.7 Å². The quantitative estimate of drug-likeness (QED) is 0.161. The lowest BCUT2D eigenvalue weighted by atomic mass is 9.91. The van der Waals surface area contributed by atoms with E-state index >= 15 is 0 Å². The molecule has 1 aliphatic rings. The standard InChI is InChI=1S/C16H27NO6SSi/c1-7-8-22-15(20)12(16(21)23-10(3)25(4,5)6)17-13(19)11(9(2)18)14(17)24/h7,9-12,14,18,24H,1,8H2,2-6H3/t9?,10?,11-,12?,14+/m0/s1. The van der Waals surface area contributed by atoms with Gasteiger partial charge in [-0.25, -0.2) is 9.59 Å². The van der Waals surface area contributed by atoms with Gasteiger partial charge in [0.2, 0.25) is 11.9 Å². The minimum absolute atomic E-state index is 0.0920. The lowest BCUT2D eigenvalue weighted by molar-refractivity contribution is -0.181. The highest BCUT2D eigenvalue weighted by Gasteiger charge is 2.55. The molecule has 142 valence electrons. The number of thiol groups is 1. The van der Waals surface area contributed by atoms with Crippen molar-refractivity contribution in [2.24, 2.45) is 5.92 Å². The minimum Gasteiger partial charge on any atom is -0.465 e. The van der Waals surface area contributed by atoms with E-state index in [4.69, 9.17) is 9.47 Å². The van der Waals surface area contributed by atoms with Gasteiger partial charge in [0.1, 0.15) is 6.61 Å². The summed E-state index contributed by atoms with van der Waals surface area (Å²) in [5, 5.41) is 8.87. The van der Waals surface area contributed by atoms with Gasteiger partial charge in [-0.15, -0.1) is 0 Å². The molecule has 25 heavy (non-hydrogen) atoms. The predicted molar refractivity (Wildman–Crippen MR) is 98.6 cm³/mol. The summed E-state index contributed by atoms with van der Waals surface area (Å²) in [7, 11) is -1.80. The maximum atomic E-state index is 12.6. The normalized spacial score (nSPS) is 24.0. The number of carbonyl (C=O) groups excluding carboxylic acids is 3. The van der Waals surface area contributed by atoms with Crippen molar-refractivity contribution >= 4 is 38.5 Å². The van der Waals surface area contributed by atoms with Gasteiger partial charge in [-0.05, 0) is 13.8 Å². The van der Waals surface area contributed by atoms with Crippen LogP contribution < -0.4 is 0 Å². The van der Waals surface area contributed by atoms with E-state index in [1.807, 2.05) is 19.6 Å². The van der Waals surface area contributed by atoms with Gasteiger partial charge in [-0.3, -0.25) is 4.79 Å². The maximum Gasteiger partial charge on any atom is 0.341 e. The molecule has 0 saturated carbocycles. The molecule has 1 amide bonds. The molecule has 0 aromatic carbocycles. The van der Waals surface area contributed by atoms with Gasteiger partial charge in [0.05, 0.1) is 31.2 Å². The first-order valence-electron chi connectivity index (χ1n) is 8.09. The number of hydrogen-bond acceptors (Lipinski definition) is 7. The molecule has 0 aromatic rings. The van der Waals surface area contributed by atoms with E-state index < -0.39 is 49.4 Å². The van der Waals surface area contributed by atoms with Crippen LogP contribution in [0.3, 0.4) is 0 Å². The molecule has 1 fully saturated rings. The van der Waals surface area contributed by atoms with E-state index in [-0.39, 0.29) is 12.3 Å². The van der Waals surface area contributed by atoms with Crippen molar-refractivity contribution < 1.29 is 29.0 Å². The van der Waals surface area contributed by atoms with Crippen LogP contribution in [0, 0.1) is 5.92 Å². The number of carbonyl (C=O) groups is 3. The number of ether oxygens (including phenoxy) is 2. The van der Waals surface area contributed by atoms with E-state index in [0.717, 1.165) is 4.90 Å². The van der Waals surface area contributed by atoms with Gasteiger partial charge in [-0.1, -0.05) is 32.3 Å². The van der Waals surface area contributed by atoms with E-state index in [9.17, 15) is 19.5 Å². The van der Waals surface area contributed by atoms with E-state index in [1.54, 1.807) is 6.92 Å². The van der Waals surface area contributed by atoms with Crippen molar-refractivity contribution in [2.75, 3.05) is 6.61 Å². The molecule has 0 spiro atoms. The molecule has 1 saturated heterocycles. The second-order valence-electron chi connectivity index (χ2n) is 7.19. The largest absolute Gasteiger partial charge is 0.465 e. The Morgan fingerprint density at radius 2 is 1.92 bits per heavy atom. The number of aliphatic hydroxyl groups is 1. The van der Waals surface area contributed by atoms with Crippen molar-refractivity contribution in [3.63, 3.8) is 0 Å². The molecule has 5 atom stereocenters. The monoisotopic (exact) mass is 389 g/mol. The van der Waals surface area contributed by atoms with Crippen molar-refractivity contribution in [1.29, 1.82) is 0 Å². The molecule has 9 heteroatoms. The summed E-state index contributed by atoms with van der Waals surface area (Å²) in [4.78, 5) is 38.2. The number of rotatable bonds is 8. The number of esters is 2. The Balaban J connectivity index is 3.02. The Morgan fingerprint density at radius 1 is 1.36 bits per heavy atom. The fourth-order valence-corrected chi connectivity index (χ4v) is 3.31. The van der Waals surface area contributed by atoms with Crippen LogP contribution in [0.25, 0.3) is 0 Å². The number of amides is 1. The lowest BCUT2D eigenvalue weighted by Crippen LogP contribution is -2.69. The summed E-state index contributed by atoms with van der Waals surface area (Å²) in [6, 6.07) is -1.54. The van der Waals surface area contributed by atoms with E-state index in [2.05, 4.69) is 19.2 Å². The third-order valence-corrected chi connectivity index (χ3v) is 7.37. The Hall–Kier alpha value is -1.32. The average molecular weight is 390 g/mol. The molecule has 7 nitrogen and oxygen atoms in total. The molecule has 1 aliphatic heterocycles. The van der Waals surface area contributed by atoms with Crippen LogP contribution in [-0.2, 0) is 23.9 Å². The molecule has 1 N–H and O–H groups in total. The highest BCUT2D eigenvalue weighted by Crippen LogP contribution is 2.35. The van der Waals surface area contributed by atoms with E-state index in [1.165, 1.54) is 13.0 Å². The SMILES string of the molecule is C=CCOC(=O)C(C(=O)OC(C)[Si](C)(C)C)N1C(=O)[C@H](C(C)O)[C@H]1S. The van der Waals surface area contributed by atoms with Crippen molar-refractivity contribution in [1.82, 2.24) is 4.90 Å². The van der Waals surface area contributed by atoms with Gasteiger partial charge < -0.3 is 19.5 Å². The Morgan fingerprint density at radius 3 is 2.32 bits per heavy atom. The van der Waals surface area contributed by atoms with Crippen LogP contribution in [0.4, 0.5) is 0 Å². The molecule has 0 radical (unpaired) electrons. The Labute approximate surface area is 154 Å². The van der Waals surface area contributed by atoms with Gasteiger partial charge in [-0.2, -0.15) is 12.6 Å².